The fourth-order valence-electron chi connectivity index (χ4n) is 4.30. The van der Waals surface area contributed by atoms with Gasteiger partial charge in [-0.25, -0.2) is 4.98 Å². The number of hydrogen-bond acceptors (Lipinski definition) is 8. The predicted molar refractivity (Wildman–Crippen MR) is 125 cm³/mol. The molecule has 1 unspecified atom stereocenters. The van der Waals surface area contributed by atoms with Gasteiger partial charge in [0.05, 0.1) is 30.4 Å². The van der Waals surface area contributed by atoms with Crippen molar-refractivity contribution in [2.24, 2.45) is 0 Å². The van der Waals surface area contributed by atoms with E-state index in [1.165, 1.54) is 6.07 Å². The third kappa shape index (κ3) is 5.29. The lowest BCUT2D eigenvalue weighted by atomic mass is 10.1. The molecule has 1 aromatic heterocycles. The van der Waals surface area contributed by atoms with Crippen molar-refractivity contribution in [2.45, 2.75) is 19.6 Å². The zero-order valence-corrected chi connectivity index (χ0v) is 19.9. The number of fused-ring (bicyclic) bond motifs is 2. The maximum absolute atomic E-state index is 12.9. The maximum Gasteiger partial charge on any atom is 0.306 e. The Kier molecular flexibility index (Phi) is 5.92. The van der Waals surface area contributed by atoms with E-state index in [0.717, 1.165) is 17.5 Å². The summed E-state index contributed by atoms with van der Waals surface area (Å²) in [6.07, 6.45) is 4.51. The van der Waals surface area contributed by atoms with Crippen molar-refractivity contribution < 1.29 is 22.1 Å². The molecular formula is C24H23N5O5S. The SMILES string of the molecule is CS(=O)(=O)Oc1cc2cc(c1)Oc1cc(ccc1C#N)Cn1cncc1CN1CCN(C2)C(=O)C1. The van der Waals surface area contributed by atoms with Crippen molar-refractivity contribution in [2.75, 3.05) is 25.9 Å². The van der Waals surface area contributed by atoms with E-state index in [1.807, 2.05) is 10.6 Å². The van der Waals surface area contributed by atoms with Crippen molar-refractivity contribution >= 4 is 16.0 Å². The van der Waals surface area contributed by atoms with Crippen LogP contribution in [0.5, 0.6) is 17.2 Å². The molecular weight excluding hydrogens is 470 g/mol. The number of aromatic nitrogens is 2. The van der Waals surface area contributed by atoms with E-state index >= 15 is 0 Å². The first kappa shape index (κ1) is 22.9. The van der Waals surface area contributed by atoms with E-state index in [9.17, 15) is 18.5 Å². The molecule has 6 rings (SSSR count). The molecule has 2 aromatic carbocycles. The summed E-state index contributed by atoms with van der Waals surface area (Å²) in [6.45, 7) is 2.86. The number of piperazine rings is 1. The van der Waals surface area contributed by atoms with Crippen LogP contribution in [0.2, 0.25) is 0 Å². The topological polar surface area (TPSA) is 118 Å². The Morgan fingerprint density at radius 1 is 1.06 bits per heavy atom. The molecule has 3 aliphatic heterocycles. The molecule has 3 aliphatic rings. The van der Waals surface area contributed by atoms with Gasteiger partial charge in [0.2, 0.25) is 5.91 Å². The Labute approximate surface area is 203 Å². The molecule has 1 saturated heterocycles. The minimum Gasteiger partial charge on any atom is -0.456 e. The number of ether oxygens (including phenoxy) is 1. The molecule has 6 bridgehead atoms. The molecule has 180 valence electrons. The van der Waals surface area contributed by atoms with Gasteiger partial charge in [-0.2, -0.15) is 13.7 Å². The summed E-state index contributed by atoms with van der Waals surface area (Å²) in [4.78, 5) is 21.0. The molecule has 4 heterocycles. The molecule has 11 heteroatoms. The number of nitriles is 1. The molecule has 0 N–H and O–H groups in total. The number of nitrogens with zero attached hydrogens (tertiary/aromatic N) is 5. The Hall–Kier alpha value is -3.88. The first-order chi connectivity index (χ1) is 16.8. The molecule has 0 radical (unpaired) electrons. The Bertz CT molecular complexity index is 1440. The largest absolute Gasteiger partial charge is 0.456 e. The quantitative estimate of drug-likeness (QED) is 0.498. The fraction of sp³-hybridized carbons (Fsp3) is 0.292. The Balaban J connectivity index is 1.61. The second-order valence-electron chi connectivity index (χ2n) is 8.68. The van der Waals surface area contributed by atoms with E-state index in [2.05, 4.69) is 16.0 Å². The van der Waals surface area contributed by atoms with Gasteiger partial charge in [-0.1, -0.05) is 6.07 Å². The van der Waals surface area contributed by atoms with E-state index in [4.69, 9.17) is 8.92 Å². The predicted octanol–water partition coefficient (Wildman–Crippen LogP) is 2.09. The summed E-state index contributed by atoms with van der Waals surface area (Å²) in [6, 6.07) is 12.2. The highest BCUT2D eigenvalue weighted by atomic mass is 32.2. The number of amides is 1. The molecule has 0 aliphatic carbocycles. The summed E-state index contributed by atoms with van der Waals surface area (Å²) in [5.74, 6) is 0.687. The van der Waals surface area contributed by atoms with Gasteiger partial charge in [-0.3, -0.25) is 9.69 Å². The monoisotopic (exact) mass is 493 g/mol. The third-order valence-electron chi connectivity index (χ3n) is 5.89. The van der Waals surface area contributed by atoms with Crippen molar-refractivity contribution in [3.63, 3.8) is 0 Å². The lowest BCUT2D eigenvalue weighted by Crippen LogP contribution is -2.49. The van der Waals surface area contributed by atoms with Gasteiger partial charge in [0.15, 0.2) is 0 Å². The van der Waals surface area contributed by atoms with E-state index in [1.54, 1.807) is 41.7 Å². The van der Waals surface area contributed by atoms with E-state index < -0.39 is 10.1 Å². The summed E-state index contributed by atoms with van der Waals surface area (Å²) >= 11 is 0. The normalized spacial score (nSPS) is 17.9. The number of benzene rings is 2. The number of hydrogen-bond donors (Lipinski definition) is 0. The number of carbonyl (C=O) groups is 1. The van der Waals surface area contributed by atoms with Crippen LogP contribution >= 0.6 is 0 Å². The molecule has 1 atom stereocenters. The van der Waals surface area contributed by atoms with Gasteiger partial charge in [0, 0.05) is 45.0 Å². The lowest BCUT2D eigenvalue weighted by molar-refractivity contribution is -0.136. The van der Waals surface area contributed by atoms with Gasteiger partial charge < -0.3 is 18.4 Å². The Morgan fingerprint density at radius 2 is 1.91 bits per heavy atom. The summed E-state index contributed by atoms with van der Waals surface area (Å²) in [5, 5.41) is 9.61. The van der Waals surface area contributed by atoms with Crippen LogP contribution in [0.15, 0.2) is 48.9 Å². The van der Waals surface area contributed by atoms with Crippen molar-refractivity contribution in [3.05, 3.63) is 71.3 Å². The first-order valence-corrected chi connectivity index (χ1v) is 12.8. The number of rotatable bonds is 2. The van der Waals surface area contributed by atoms with Gasteiger partial charge >= 0.3 is 10.1 Å². The summed E-state index contributed by atoms with van der Waals surface area (Å²) in [5.41, 5.74) is 2.87. The van der Waals surface area contributed by atoms with Crippen molar-refractivity contribution in [3.8, 4) is 23.3 Å². The average molecular weight is 494 g/mol. The van der Waals surface area contributed by atoms with E-state index in [0.29, 0.717) is 48.8 Å². The molecule has 0 spiro atoms. The van der Waals surface area contributed by atoms with E-state index in [-0.39, 0.29) is 24.7 Å². The molecule has 0 saturated carbocycles. The third-order valence-corrected chi connectivity index (χ3v) is 6.39. The van der Waals surface area contributed by atoms with Crippen LogP contribution in [0.3, 0.4) is 0 Å². The molecule has 3 aromatic rings. The zero-order valence-electron chi connectivity index (χ0n) is 19.0. The second-order valence-corrected chi connectivity index (χ2v) is 10.3. The molecule has 1 amide bonds. The van der Waals surface area contributed by atoms with Crippen LogP contribution in [0.25, 0.3) is 0 Å². The van der Waals surface area contributed by atoms with Gasteiger partial charge in [-0.05, 0) is 35.4 Å². The lowest BCUT2D eigenvalue weighted by Gasteiger charge is -2.34. The highest BCUT2D eigenvalue weighted by Crippen LogP contribution is 2.32. The van der Waals surface area contributed by atoms with Crippen LogP contribution in [0.4, 0.5) is 0 Å². The number of carbonyl (C=O) groups excluding carboxylic acids is 1. The van der Waals surface area contributed by atoms with Crippen LogP contribution in [-0.4, -0.2) is 59.6 Å². The Morgan fingerprint density at radius 3 is 2.69 bits per heavy atom. The van der Waals surface area contributed by atoms with Crippen LogP contribution < -0.4 is 8.92 Å². The highest BCUT2D eigenvalue weighted by Gasteiger charge is 2.25. The fourth-order valence-corrected chi connectivity index (χ4v) is 4.75. The van der Waals surface area contributed by atoms with Gasteiger partial charge in [0.25, 0.3) is 0 Å². The van der Waals surface area contributed by atoms with Crippen LogP contribution in [0.1, 0.15) is 22.4 Å². The molecule has 10 nitrogen and oxygen atoms in total. The summed E-state index contributed by atoms with van der Waals surface area (Å²) in [7, 11) is -3.78. The minimum atomic E-state index is -3.78. The number of imidazole rings is 1. The smallest absolute Gasteiger partial charge is 0.306 e. The average Bonchev–Trinajstić information content (AvgIpc) is 3.20. The van der Waals surface area contributed by atoms with Crippen LogP contribution in [-0.2, 0) is 34.5 Å². The summed E-state index contributed by atoms with van der Waals surface area (Å²) < 4.78 is 36.8. The maximum atomic E-state index is 12.9. The zero-order chi connectivity index (χ0) is 24.6. The molecule has 35 heavy (non-hydrogen) atoms. The minimum absolute atomic E-state index is 0.0247. The van der Waals surface area contributed by atoms with Gasteiger partial charge in [-0.15, -0.1) is 0 Å². The molecule has 1 fully saturated rings. The first-order valence-electron chi connectivity index (χ1n) is 11.0. The highest BCUT2D eigenvalue weighted by molar-refractivity contribution is 7.86. The van der Waals surface area contributed by atoms with Crippen molar-refractivity contribution in [1.82, 2.24) is 19.4 Å². The second kappa shape index (κ2) is 9.05. The standard InChI is InChI=1S/C24H23N5O5S/c1-35(31,32)34-22-7-18-6-21(9-22)33-23-8-17(2-3-19(23)10-25)12-29-16-26-11-20(29)14-27-4-5-28(13-18)24(30)15-27/h2-3,6-9,11,16H,4-5,12-15H2,1H3. The van der Waals surface area contributed by atoms with Gasteiger partial charge in [0.1, 0.15) is 23.3 Å². The van der Waals surface area contributed by atoms with Crippen molar-refractivity contribution in [1.29, 1.82) is 5.26 Å². The van der Waals surface area contributed by atoms with Crippen LogP contribution in [0, 0.1) is 11.3 Å².